The van der Waals surface area contributed by atoms with Crippen molar-refractivity contribution in [1.29, 1.82) is 0 Å². The standard InChI is InChI=1S/C20H24N4OS2/c1-4-9-24-19(17-7-5-6-15(2)11-17)21-22-20(24)27-14-18(25)23(3)12-16-8-10-26-13-16/h5-8,10-11,13H,4,9,12,14H2,1-3H3. The molecule has 5 nitrogen and oxygen atoms in total. The van der Waals surface area contributed by atoms with E-state index in [1.54, 1.807) is 16.2 Å². The summed E-state index contributed by atoms with van der Waals surface area (Å²) in [6, 6.07) is 10.3. The summed E-state index contributed by atoms with van der Waals surface area (Å²) in [6.07, 6.45) is 0.983. The number of thiophene rings is 1. The zero-order valence-electron chi connectivity index (χ0n) is 15.9. The predicted molar refractivity (Wildman–Crippen MR) is 112 cm³/mol. The zero-order chi connectivity index (χ0) is 19.2. The van der Waals surface area contributed by atoms with Gasteiger partial charge in [0.1, 0.15) is 0 Å². The van der Waals surface area contributed by atoms with Gasteiger partial charge in [-0.2, -0.15) is 11.3 Å². The van der Waals surface area contributed by atoms with Gasteiger partial charge in [-0.3, -0.25) is 4.79 Å². The molecule has 0 aliphatic rings. The minimum Gasteiger partial charge on any atom is -0.341 e. The summed E-state index contributed by atoms with van der Waals surface area (Å²) in [6.45, 7) is 5.67. The van der Waals surface area contributed by atoms with Crippen LogP contribution in [-0.2, 0) is 17.9 Å². The first-order chi connectivity index (χ1) is 13.1. The largest absolute Gasteiger partial charge is 0.341 e. The van der Waals surface area contributed by atoms with E-state index in [0.29, 0.717) is 12.3 Å². The van der Waals surface area contributed by atoms with Crippen LogP contribution in [0.5, 0.6) is 0 Å². The maximum atomic E-state index is 12.5. The molecule has 7 heteroatoms. The highest BCUT2D eigenvalue weighted by atomic mass is 32.2. The first kappa shape index (κ1) is 19.6. The summed E-state index contributed by atoms with van der Waals surface area (Å²) >= 11 is 3.10. The molecule has 0 atom stereocenters. The average Bonchev–Trinajstić information content (AvgIpc) is 3.30. The molecule has 3 aromatic rings. The molecule has 0 unspecified atom stereocenters. The monoisotopic (exact) mass is 400 g/mol. The molecule has 0 N–H and O–H groups in total. The molecule has 0 spiro atoms. The number of rotatable bonds is 8. The van der Waals surface area contributed by atoms with Crippen LogP contribution in [0.15, 0.2) is 46.2 Å². The van der Waals surface area contributed by atoms with Gasteiger partial charge in [-0.15, -0.1) is 10.2 Å². The first-order valence-corrected chi connectivity index (χ1v) is 10.9. The summed E-state index contributed by atoms with van der Waals surface area (Å²) < 4.78 is 2.12. The van der Waals surface area contributed by atoms with E-state index in [2.05, 4.69) is 52.2 Å². The van der Waals surface area contributed by atoms with Crippen molar-refractivity contribution in [3.05, 3.63) is 52.2 Å². The fraction of sp³-hybridized carbons (Fsp3) is 0.350. The van der Waals surface area contributed by atoms with Gasteiger partial charge in [0, 0.05) is 25.7 Å². The van der Waals surface area contributed by atoms with Crippen molar-refractivity contribution in [2.45, 2.75) is 38.5 Å². The molecular weight excluding hydrogens is 376 g/mol. The maximum Gasteiger partial charge on any atom is 0.233 e. The molecule has 0 saturated carbocycles. The highest BCUT2D eigenvalue weighted by Crippen LogP contribution is 2.25. The number of aryl methyl sites for hydroxylation is 1. The number of amides is 1. The molecule has 0 bridgehead atoms. The molecule has 3 rings (SSSR count). The normalized spacial score (nSPS) is 10.9. The van der Waals surface area contributed by atoms with Crippen molar-refractivity contribution in [2.24, 2.45) is 0 Å². The van der Waals surface area contributed by atoms with Crippen molar-refractivity contribution in [1.82, 2.24) is 19.7 Å². The van der Waals surface area contributed by atoms with E-state index < -0.39 is 0 Å². The van der Waals surface area contributed by atoms with Crippen LogP contribution < -0.4 is 0 Å². The topological polar surface area (TPSA) is 51.0 Å². The second-order valence-electron chi connectivity index (χ2n) is 6.50. The Kier molecular flexibility index (Phi) is 6.68. The molecule has 0 saturated heterocycles. The lowest BCUT2D eigenvalue weighted by Crippen LogP contribution is -2.27. The van der Waals surface area contributed by atoms with Gasteiger partial charge in [-0.25, -0.2) is 0 Å². The maximum absolute atomic E-state index is 12.5. The van der Waals surface area contributed by atoms with Crippen molar-refractivity contribution in [3.63, 3.8) is 0 Å². The lowest BCUT2D eigenvalue weighted by molar-refractivity contribution is -0.127. The summed E-state index contributed by atoms with van der Waals surface area (Å²) in [5.41, 5.74) is 3.42. The Hall–Kier alpha value is -2.12. The quantitative estimate of drug-likeness (QED) is 0.523. The second-order valence-corrected chi connectivity index (χ2v) is 8.22. The van der Waals surface area contributed by atoms with Gasteiger partial charge < -0.3 is 9.47 Å². The predicted octanol–water partition coefficient (Wildman–Crippen LogP) is 4.48. The molecular formula is C20H24N4OS2. The number of hydrogen-bond donors (Lipinski definition) is 0. The third kappa shape index (κ3) is 4.99. The van der Waals surface area contributed by atoms with E-state index in [1.807, 2.05) is 24.6 Å². The third-order valence-electron chi connectivity index (χ3n) is 4.19. The van der Waals surface area contributed by atoms with Gasteiger partial charge in [-0.05, 0) is 41.8 Å². The van der Waals surface area contributed by atoms with Crippen LogP contribution in [0.1, 0.15) is 24.5 Å². The molecule has 1 amide bonds. The Bertz CT molecular complexity index is 889. The fourth-order valence-corrected chi connectivity index (χ4v) is 4.36. The summed E-state index contributed by atoms with van der Waals surface area (Å²) in [5, 5.41) is 13.7. The average molecular weight is 401 g/mol. The second kappa shape index (κ2) is 9.19. The lowest BCUT2D eigenvalue weighted by Gasteiger charge is -2.16. The van der Waals surface area contributed by atoms with Crippen LogP contribution in [0.4, 0.5) is 0 Å². The molecule has 0 aliphatic heterocycles. The minimum absolute atomic E-state index is 0.0920. The van der Waals surface area contributed by atoms with Crippen LogP contribution in [0, 0.1) is 6.92 Å². The van der Waals surface area contributed by atoms with E-state index in [4.69, 9.17) is 0 Å². The van der Waals surface area contributed by atoms with Gasteiger partial charge in [0.15, 0.2) is 11.0 Å². The van der Waals surface area contributed by atoms with Gasteiger partial charge in [0.2, 0.25) is 5.91 Å². The lowest BCUT2D eigenvalue weighted by atomic mass is 10.1. The molecule has 2 aromatic heterocycles. The Balaban J connectivity index is 1.70. The van der Waals surface area contributed by atoms with Crippen molar-refractivity contribution in [3.8, 4) is 11.4 Å². The van der Waals surface area contributed by atoms with Crippen LogP contribution in [0.2, 0.25) is 0 Å². The van der Waals surface area contributed by atoms with E-state index in [-0.39, 0.29) is 5.91 Å². The van der Waals surface area contributed by atoms with Gasteiger partial charge in [0.05, 0.1) is 5.75 Å². The molecule has 27 heavy (non-hydrogen) atoms. The molecule has 2 heterocycles. The van der Waals surface area contributed by atoms with Crippen LogP contribution in [-0.4, -0.2) is 38.4 Å². The Morgan fingerprint density at radius 2 is 2.15 bits per heavy atom. The molecule has 1 aromatic carbocycles. The number of hydrogen-bond acceptors (Lipinski definition) is 5. The summed E-state index contributed by atoms with van der Waals surface area (Å²) in [7, 11) is 1.84. The third-order valence-corrected chi connectivity index (χ3v) is 5.87. The van der Waals surface area contributed by atoms with E-state index in [0.717, 1.165) is 35.1 Å². The number of thioether (sulfide) groups is 1. The SMILES string of the molecule is CCCn1c(SCC(=O)N(C)Cc2ccsc2)nnc1-c1cccc(C)c1. The van der Waals surface area contributed by atoms with E-state index in [9.17, 15) is 4.79 Å². The highest BCUT2D eigenvalue weighted by Gasteiger charge is 2.17. The molecule has 142 valence electrons. The molecule has 0 radical (unpaired) electrons. The van der Waals surface area contributed by atoms with Crippen LogP contribution >= 0.6 is 23.1 Å². The van der Waals surface area contributed by atoms with Crippen molar-refractivity contribution in [2.75, 3.05) is 12.8 Å². The Morgan fingerprint density at radius 1 is 1.30 bits per heavy atom. The van der Waals surface area contributed by atoms with E-state index >= 15 is 0 Å². The summed E-state index contributed by atoms with van der Waals surface area (Å²) in [5.74, 6) is 1.31. The Morgan fingerprint density at radius 3 is 2.85 bits per heavy atom. The summed E-state index contributed by atoms with van der Waals surface area (Å²) in [4.78, 5) is 14.2. The number of aromatic nitrogens is 3. The van der Waals surface area contributed by atoms with Crippen molar-refractivity contribution < 1.29 is 4.79 Å². The first-order valence-electron chi connectivity index (χ1n) is 8.96. The van der Waals surface area contributed by atoms with Gasteiger partial charge in [-0.1, -0.05) is 42.4 Å². The number of carbonyl (C=O) groups excluding carboxylic acids is 1. The molecule has 0 fully saturated rings. The Labute approximate surface area is 168 Å². The highest BCUT2D eigenvalue weighted by molar-refractivity contribution is 7.99. The number of nitrogens with zero attached hydrogens (tertiary/aromatic N) is 4. The van der Waals surface area contributed by atoms with E-state index in [1.165, 1.54) is 17.3 Å². The zero-order valence-corrected chi connectivity index (χ0v) is 17.5. The van der Waals surface area contributed by atoms with Gasteiger partial charge in [0.25, 0.3) is 0 Å². The molecule has 0 aliphatic carbocycles. The number of carbonyl (C=O) groups is 1. The fourth-order valence-electron chi connectivity index (χ4n) is 2.80. The van der Waals surface area contributed by atoms with Crippen molar-refractivity contribution >= 4 is 29.0 Å². The smallest absolute Gasteiger partial charge is 0.233 e. The number of benzene rings is 1. The van der Waals surface area contributed by atoms with Crippen LogP contribution in [0.25, 0.3) is 11.4 Å². The minimum atomic E-state index is 0.0920. The van der Waals surface area contributed by atoms with Gasteiger partial charge >= 0.3 is 0 Å². The van der Waals surface area contributed by atoms with Crippen LogP contribution in [0.3, 0.4) is 0 Å².